The topological polar surface area (TPSA) is 26.8 Å². The molecule has 2 aromatic rings. The number of urea groups is 1. The average Bonchev–Trinajstić information content (AvgIpc) is 2.68. The summed E-state index contributed by atoms with van der Waals surface area (Å²) in [6, 6.07) is 12.1. The summed E-state index contributed by atoms with van der Waals surface area (Å²) in [6.07, 6.45) is 0. The lowest BCUT2D eigenvalue weighted by atomic mass is 9.84. The van der Waals surface area contributed by atoms with Gasteiger partial charge in [0.2, 0.25) is 0 Å². The summed E-state index contributed by atoms with van der Waals surface area (Å²) in [5.41, 5.74) is 4.41. The molecule has 0 aromatic heterocycles. The number of carbonyl (C=O) groups is 1. The monoisotopic (exact) mass is 419 g/mol. The van der Waals surface area contributed by atoms with Crippen molar-refractivity contribution in [2.75, 3.05) is 38.6 Å². The normalized spacial score (nSPS) is 16.6. The molecule has 3 rings (SSSR count). The third kappa shape index (κ3) is 4.14. The molecule has 1 aliphatic rings. The van der Waals surface area contributed by atoms with E-state index in [-0.39, 0.29) is 11.9 Å². The van der Waals surface area contributed by atoms with E-state index in [2.05, 4.69) is 24.1 Å². The number of hydrogen-bond acceptors (Lipinski definition) is 2. The first-order valence-corrected chi connectivity index (χ1v) is 10.4. The van der Waals surface area contributed by atoms with Gasteiger partial charge in [0.05, 0.1) is 0 Å². The molecule has 0 saturated heterocycles. The maximum absolute atomic E-state index is 12.6. The van der Waals surface area contributed by atoms with Crippen molar-refractivity contribution in [3.8, 4) is 0 Å². The summed E-state index contributed by atoms with van der Waals surface area (Å²) in [7, 11) is 3.92. The highest BCUT2D eigenvalue weighted by atomic mass is 35.5. The van der Waals surface area contributed by atoms with Crippen LogP contribution in [0.15, 0.2) is 36.4 Å². The Morgan fingerprint density at radius 3 is 2.39 bits per heavy atom. The molecule has 0 radical (unpaired) electrons. The summed E-state index contributed by atoms with van der Waals surface area (Å²) in [5, 5.41) is 1.39. The van der Waals surface area contributed by atoms with Crippen LogP contribution in [0.1, 0.15) is 36.5 Å². The number of anilines is 1. The first-order valence-electron chi connectivity index (χ1n) is 9.64. The van der Waals surface area contributed by atoms with Crippen molar-refractivity contribution in [1.82, 2.24) is 9.80 Å². The highest BCUT2D eigenvalue weighted by Gasteiger charge is 2.27. The van der Waals surface area contributed by atoms with E-state index < -0.39 is 0 Å². The molecule has 6 heteroatoms. The molecular formula is C22H27Cl2N3O. The SMILES string of the molecule is CCN(CC)C(=O)N(C)c1ccc(C2CN(C)Cc3c(Cl)cc(Cl)cc32)cc1. The van der Waals surface area contributed by atoms with E-state index in [0.29, 0.717) is 18.1 Å². The first kappa shape index (κ1) is 21.0. The lowest BCUT2D eigenvalue weighted by Gasteiger charge is -2.33. The van der Waals surface area contributed by atoms with Gasteiger partial charge in [0.15, 0.2) is 0 Å². The number of amides is 2. The van der Waals surface area contributed by atoms with Crippen molar-refractivity contribution >= 4 is 34.9 Å². The Balaban J connectivity index is 1.89. The Kier molecular flexibility index (Phi) is 6.54. The van der Waals surface area contributed by atoms with Gasteiger partial charge in [0.1, 0.15) is 0 Å². The van der Waals surface area contributed by atoms with E-state index in [4.69, 9.17) is 23.2 Å². The minimum Gasteiger partial charge on any atom is -0.325 e. The van der Waals surface area contributed by atoms with Crippen molar-refractivity contribution in [3.05, 3.63) is 63.1 Å². The molecule has 1 atom stereocenters. The Morgan fingerprint density at radius 1 is 1.14 bits per heavy atom. The van der Waals surface area contributed by atoms with Gasteiger partial charge < -0.3 is 9.80 Å². The Morgan fingerprint density at radius 2 is 1.79 bits per heavy atom. The van der Waals surface area contributed by atoms with Crippen LogP contribution in [0.25, 0.3) is 0 Å². The smallest absolute Gasteiger partial charge is 0.324 e. The first-order chi connectivity index (χ1) is 13.3. The van der Waals surface area contributed by atoms with Gasteiger partial charge in [-0.1, -0.05) is 35.3 Å². The molecule has 2 aromatic carbocycles. The van der Waals surface area contributed by atoms with Gasteiger partial charge in [0, 0.05) is 54.9 Å². The number of benzene rings is 2. The zero-order valence-corrected chi connectivity index (χ0v) is 18.4. The Bertz CT molecular complexity index is 850. The van der Waals surface area contributed by atoms with Crippen molar-refractivity contribution in [1.29, 1.82) is 0 Å². The number of fused-ring (bicyclic) bond motifs is 1. The van der Waals surface area contributed by atoms with E-state index >= 15 is 0 Å². The molecule has 1 heterocycles. The summed E-state index contributed by atoms with van der Waals surface area (Å²) in [6.45, 7) is 7.10. The van der Waals surface area contributed by atoms with Gasteiger partial charge in [-0.2, -0.15) is 0 Å². The molecule has 0 fully saturated rings. The molecule has 0 spiro atoms. The van der Waals surface area contributed by atoms with Crippen LogP contribution in [0.3, 0.4) is 0 Å². The van der Waals surface area contributed by atoms with Gasteiger partial charge in [-0.25, -0.2) is 4.79 Å². The van der Waals surface area contributed by atoms with Gasteiger partial charge >= 0.3 is 6.03 Å². The van der Waals surface area contributed by atoms with Gasteiger partial charge in [-0.15, -0.1) is 0 Å². The number of halogens is 2. The minimum atomic E-state index is 0.0130. The van der Waals surface area contributed by atoms with Crippen molar-refractivity contribution in [2.24, 2.45) is 0 Å². The minimum absolute atomic E-state index is 0.0130. The lowest BCUT2D eigenvalue weighted by Crippen LogP contribution is -2.41. The fourth-order valence-electron chi connectivity index (χ4n) is 3.88. The Hall–Kier alpha value is -1.75. The molecule has 1 aliphatic heterocycles. The largest absolute Gasteiger partial charge is 0.325 e. The highest BCUT2D eigenvalue weighted by Crippen LogP contribution is 2.38. The fourth-order valence-corrected chi connectivity index (χ4v) is 4.45. The molecule has 1 unspecified atom stereocenters. The summed E-state index contributed by atoms with van der Waals surface area (Å²) in [4.78, 5) is 18.4. The van der Waals surface area contributed by atoms with Crippen LogP contribution in [0, 0.1) is 0 Å². The molecule has 0 N–H and O–H groups in total. The van der Waals surface area contributed by atoms with Crippen LogP contribution in [-0.2, 0) is 6.54 Å². The summed E-state index contributed by atoms with van der Waals surface area (Å²) >= 11 is 12.7. The second-order valence-corrected chi connectivity index (χ2v) is 8.15. The van der Waals surface area contributed by atoms with Crippen LogP contribution in [0.5, 0.6) is 0 Å². The molecule has 28 heavy (non-hydrogen) atoms. The van der Waals surface area contributed by atoms with Crippen LogP contribution in [-0.4, -0.2) is 49.6 Å². The van der Waals surface area contributed by atoms with E-state index in [1.54, 1.807) is 4.90 Å². The maximum Gasteiger partial charge on any atom is 0.324 e. The Labute approximate surface area is 177 Å². The van der Waals surface area contributed by atoms with Crippen LogP contribution in [0.2, 0.25) is 10.0 Å². The van der Waals surface area contributed by atoms with E-state index in [0.717, 1.165) is 29.4 Å². The van der Waals surface area contributed by atoms with Crippen molar-refractivity contribution in [3.63, 3.8) is 0 Å². The number of rotatable bonds is 4. The quantitative estimate of drug-likeness (QED) is 0.656. The molecule has 0 bridgehead atoms. The second-order valence-electron chi connectivity index (χ2n) is 7.31. The van der Waals surface area contributed by atoms with Gasteiger partial charge in [-0.05, 0) is 61.9 Å². The predicted octanol–water partition coefficient (Wildman–Crippen LogP) is 5.47. The van der Waals surface area contributed by atoms with E-state index in [1.807, 2.05) is 50.1 Å². The highest BCUT2D eigenvalue weighted by molar-refractivity contribution is 6.35. The number of nitrogens with zero attached hydrogens (tertiary/aromatic N) is 3. The van der Waals surface area contributed by atoms with Gasteiger partial charge in [-0.3, -0.25) is 4.90 Å². The third-order valence-electron chi connectivity index (χ3n) is 5.50. The number of hydrogen-bond donors (Lipinski definition) is 0. The van der Waals surface area contributed by atoms with Crippen molar-refractivity contribution < 1.29 is 4.79 Å². The van der Waals surface area contributed by atoms with Gasteiger partial charge in [0.25, 0.3) is 0 Å². The van der Waals surface area contributed by atoms with Crippen molar-refractivity contribution in [2.45, 2.75) is 26.3 Å². The third-order valence-corrected chi connectivity index (χ3v) is 6.05. The fraction of sp³-hybridized carbons (Fsp3) is 0.409. The standard InChI is InChI=1S/C22H27Cl2N3O/c1-5-27(6-2)22(28)26(4)17-9-7-15(8-10-17)19-13-25(3)14-20-18(19)11-16(23)12-21(20)24/h7-12,19H,5-6,13-14H2,1-4H3. The van der Waals surface area contributed by atoms with Crippen LogP contribution >= 0.6 is 23.2 Å². The van der Waals surface area contributed by atoms with E-state index in [9.17, 15) is 4.79 Å². The van der Waals surface area contributed by atoms with E-state index in [1.165, 1.54) is 11.1 Å². The summed E-state index contributed by atoms with van der Waals surface area (Å²) in [5.74, 6) is 0.197. The zero-order chi connectivity index (χ0) is 20.4. The maximum atomic E-state index is 12.6. The molecule has 2 amide bonds. The number of carbonyl (C=O) groups excluding carboxylic acids is 1. The molecule has 0 saturated carbocycles. The molecule has 150 valence electrons. The molecule has 4 nitrogen and oxygen atoms in total. The zero-order valence-electron chi connectivity index (χ0n) is 16.9. The van der Waals surface area contributed by atoms with Crippen LogP contribution in [0.4, 0.5) is 10.5 Å². The lowest BCUT2D eigenvalue weighted by molar-refractivity contribution is 0.211. The summed E-state index contributed by atoms with van der Waals surface area (Å²) < 4.78 is 0. The second kappa shape index (κ2) is 8.73. The molecule has 0 aliphatic carbocycles. The number of likely N-dealkylation sites (N-methyl/N-ethyl adjacent to an activating group) is 1. The average molecular weight is 420 g/mol. The molecular weight excluding hydrogens is 393 g/mol. The van der Waals surface area contributed by atoms with Crippen LogP contribution < -0.4 is 4.90 Å². The predicted molar refractivity (Wildman–Crippen MR) is 118 cm³/mol.